The maximum atomic E-state index is 15.1. The lowest BCUT2D eigenvalue weighted by atomic mass is 10.0. The van der Waals surface area contributed by atoms with Gasteiger partial charge in [-0.1, -0.05) is 0 Å². The van der Waals surface area contributed by atoms with Gasteiger partial charge < -0.3 is 9.47 Å². The van der Waals surface area contributed by atoms with Crippen LogP contribution in [0, 0.1) is 11.6 Å². The number of imidazole rings is 1. The fourth-order valence-electron chi connectivity index (χ4n) is 5.77. The predicted octanol–water partition coefficient (Wildman–Crippen LogP) is 4.73. The zero-order valence-electron chi connectivity index (χ0n) is 22.5. The molecule has 1 N–H and O–H groups in total. The maximum absolute atomic E-state index is 15.1. The van der Waals surface area contributed by atoms with Crippen molar-refractivity contribution in [3.63, 3.8) is 0 Å². The largest absolute Gasteiger partial charge is 0.325 e. The van der Waals surface area contributed by atoms with E-state index >= 15 is 4.39 Å². The van der Waals surface area contributed by atoms with E-state index in [1.54, 1.807) is 18.5 Å². The van der Waals surface area contributed by atoms with E-state index in [-0.39, 0.29) is 17.7 Å². The highest BCUT2D eigenvalue weighted by atomic mass is 19.1. The standard InChI is InChI=1S/C28H33F2N9/c1-17-5-4-6-24-34-26-21(29)11-19(12-23(26)39(17)24)25-22(30)15-33-28(35-25)36-27-31-13-18(14-32-27)16-38-9-7-20(8-10-38)37(2)3/h11-15,17,20H,4-10,16H2,1-3H3,(H,31,32,33,35,36). The minimum atomic E-state index is -0.639. The first-order chi connectivity index (χ1) is 18.9. The van der Waals surface area contributed by atoms with Crippen LogP contribution in [-0.4, -0.2) is 72.5 Å². The number of hydrogen-bond donors (Lipinski definition) is 1. The Hall–Kier alpha value is -3.57. The van der Waals surface area contributed by atoms with Crippen LogP contribution >= 0.6 is 0 Å². The molecule has 204 valence electrons. The summed E-state index contributed by atoms with van der Waals surface area (Å²) >= 11 is 0. The molecule has 0 saturated carbocycles. The lowest BCUT2D eigenvalue weighted by Gasteiger charge is -2.35. The molecule has 5 heterocycles. The van der Waals surface area contributed by atoms with Crippen LogP contribution in [-0.2, 0) is 13.0 Å². The molecule has 6 rings (SSSR count). The number of nitrogens with one attached hydrogen (secondary N) is 1. The van der Waals surface area contributed by atoms with E-state index in [1.165, 1.54) is 6.07 Å². The normalized spacial score (nSPS) is 18.6. The van der Waals surface area contributed by atoms with Gasteiger partial charge in [0.25, 0.3) is 0 Å². The van der Waals surface area contributed by atoms with Crippen molar-refractivity contribution >= 4 is 22.9 Å². The Labute approximate surface area is 226 Å². The third kappa shape index (κ3) is 5.20. The van der Waals surface area contributed by atoms with E-state index in [0.29, 0.717) is 28.6 Å². The molecular weight excluding hydrogens is 500 g/mol. The highest BCUT2D eigenvalue weighted by Gasteiger charge is 2.24. The zero-order valence-corrected chi connectivity index (χ0v) is 22.5. The van der Waals surface area contributed by atoms with Gasteiger partial charge in [-0.25, -0.2) is 33.7 Å². The number of likely N-dealkylation sites (tertiary alicyclic amines) is 1. The lowest BCUT2D eigenvalue weighted by molar-refractivity contribution is 0.140. The first-order valence-corrected chi connectivity index (χ1v) is 13.6. The Balaban J connectivity index is 1.19. The van der Waals surface area contributed by atoms with Crippen LogP contribution in [0.3, 0.4) is 0 Å². The van der Waals surface area contributed by atoms with Crippen LogP contribution in [0.5, 0.6) is 0 Å². The quantitative estimate of drug-likeness (QED) is 0.381. The second-order valence-corrected chi connectivity index (χ2v) is 10.9. The average Bonchev–Trinajstić information content (AvgIpc) is 3.32. The summed E-state index contributed by atoms with van der Waals surface area (Å²) in [6.45, 7) is 4.98. The van der Waals surface area contributed by atoms with Crippen LogP contribution in [0.1, 0.15) is 50.0 Å². The monoisotopic (exact) mass is 533 g/mol. The molecule has 1 unspecified atom stereocenters. The minimum Gasteiger partial charge on any atom is -0.325 e. The molecular formula is C28H33F2N9. The molecule has 1 saturated heterocycles. The molecule has 0 spiro atoms. The Morgan fingerprint density at radius 1 is 0.949 bits per heavy atom. The van der Waals surface area contributed by atoms with Crippen molar-refractivity contribution in [2.24, 2.45) is 0 Å². The third-order valence-corrected chi connectivity index (χ3v) is 7.92. The molecule has 2 aliphatic heterocycles. The van der Waals surface area contributed by atoms with Crippen molar-refractivity contribution < 1.29 is 8.78 Å². The second-order valence-electron chi connectivity index (χ2n) is 10.9. The summed E-state index contributed by atoms with van der Waals surface area (Å²) in [6, 6.07) is 3.88. The number of rotatable bonds is 6. The summed E-state index contributed by atoms with van der Waals surface area (Å²) in [6.07, 6.45) is 9.76. The van der Waals surface area contributed by atoms with Crippen molar-refractivity contribution in [2.45, 2.75) is 57.7 Å². The van der Waals surface area contributed by atoms with E-state index in [9.17, 15) is 4.39 Å². The van der Waals surface area contributed by atoms with E-state index in [1.807, 2.05) is 0 Å². The van der Waals surface area contributed by atoms with E-state index < -0.39 is 11.6 Å². The molecule has 39 heavy (non-hydrogen) atoms. The first-order valence-electron chi connectivity index (χ1n) is 13.6. The molecule has 1 fully saturated rings. The molecule has 0 amide bonds. The Kier molecular flexibility index (Phi) is 6.94. The summed E-state index contributed by atoms with van der Waals surface area (Å²) in [5.41, 5.74) is 2.32. The molecule has 0 aliphatic carbocycles. The summed E-state index contributed by atoms with van der Waals surface area (Å²) in [4.78, 5) is 26.4. The smallest absolute Gasteiger partial charge is 0.230 e. The molecule has 4 aromatic rings. The van der Waals surface area contributed by atoms with Gasteiger partial charge >= 0.3 is 0 Å². The molecule has 3 aromatic heterocycles. The van der Waals surface area contributed by atoms with Gasteiger partial charge in [-0.05, 0) is 71.9 Å². The Bertz CT molecular complexity index is 1480. The number of aryl methyl sites for hydroxylation is 1. The third-order valence-electron chi connectivity index (χ3n) is 7.92. The van der Waals surface area contributed by atoms with E-state index in [2.05, 4.69) is 65.6 Å². The molecule has 0 bridgehead atoms. The molecule has 2 aliphatic rings. The summed E-state index contributed by atoms with van der Waals surface area (Å²) < 4.78 is 32.0. The van der Waals surface area contributed by atoms with Gasteiger partial charge in [0.1, 0.15) is 17.0 Å². The number of halogens is 2. The van der Waals surface area contributed by atoms with Gasteiger partial charge in [-0.2, -0.15) is 0 Å². The maximum Gasteiger partial charge on any atom is 0.230 e. The first kappa shape index (κ1) is 25.7. The number of hydrogen-bond acceptors (Lipinski definition) is 8. The Morgan fingerprint density at radius 2 is 1.69 bits per heavy atom. The average molecular weight is 534 g/mol. The summed E-state index contributed by atoms with van der Waals surface area (Å²) in [7, 11) is 4.27. The summed E-state index contributed by atoms with van der Waals surface area (Å²) in [5.74, 6) is 0.176. The van der Waals surface area contributed by atoms with Gasteiger partial charge in [0.2, 0.25) is 11.9 Å². The van der Waals surface area contributed by atoms with Crippen LogP contribution in [0.25, 0.3) is 22.3 Å². The van der Waals surface area contributed by atoms with Gasteiger partial charge in [0.15, 0.2) is 11.6 Å². The van der Waals surface area contributed by atoms with Gasteiger partial charge in [0.05, 0.1) is 11.7 Å². The number of nitrogens with zero attached hydrogens (tertiary/aromatic N) is 8. The number of aromatic nitrogens is 6. The number of piperidine rings is 1. The number of anilines is 2. The van der Waals surface area contributed by atoms with Crippen molar-refractivity contribution in [1.82, 2.24) is 39.3 Å². The number of fused-ring (bicyclic) bond motifs is 3. The lowest BCUT2D eigenvalue weighted by Crippen LogP contribution is -2.41. The predicted molar refractivity (Wildman–Crippen MR) is 146 cm³/mol. The van der Waals surface area contributed by atoms with Gasteiger partial charge in [-0.15, -0.1) is 0 Å². The molecule has 1 aromatic carbocycles. The van der Waals surface area contributed by atoms with Gasteiger partial charge in [0, 0.05) is 48.6 Å². The van der Waals surface area contributed by atoms with Crippen LogP contribution in [0.15, 0.2) is 30.7 Å². The van der Waals surface area contributed by atoms with E-state index in [4.69, 9.17) is 0 Å². The topological polar surface area (TPSA) is 87.9 Å². The van der Waals surface area contributed by atoms with Gasteiger partial charge in [-0.3, -0.25) is 10.2 Å². The summed E-state index contributed by atoms with van der Waals surface area (Å²) in [5, 5.41) is 2.95. The molecule has 0 radical (unpaired) electrons. The zero-order chi connectivity index (χ0) is 27.1. The molecule has 9 nitrogen and oxygen atoms in total. The second kappa shape index (κ2) is 10.5. The van der Waals surface area contributed by atoms with Crippen LogP contribution in [0.2, 0.25) is 0 Å². The fraction of sp³-hybridized carbons (Fsp3) is 0.464. The van der Waals surface area contributed by atoms with Crippen molar-refractivity contribution in [3.8, 4) is 11.3 Å². The van der Waals surface area contributed by atoms with Crippen LogP contribution in [0.4, 0.5) is 20.7 Å². The fourth-order valence-corrected chi connectivity index (χ4v) is 5.77. The number of benzene rings is 1. The van der Waals surface area contributed by atoms with Crippen molar-refractivity contribution in [2.75, 3.05) is 32.5 Å². The van der Waals surface area contributed by atoms with E-state index in [0.717, 1.165) is 69.3 Å². The van der Waals surface area contributed by atoms with Crippen molar-refractivity contribution in [3.05, 3.63) is 53.7 Å². The Morgan fingerprint density at radius 3 is 2.44 bits per heavy atom. The highest BCUT2D eigenvalue weighted by Crippen LogP contribution is 2.34. The molecule has 1 atom stereocenters. The molecule has 11 heteroatoms. The van der Waals surface area contributed by atoms with Crippen LogP contribution < -0.4 is 5.32 Å². The SMILES string of the molecule is CC1CCCc2nc3c(F)cc(-c4nc(Nc5ncc(CN6CCC(N(C)C)CC6)cn5)ncc4F)cc3n21. The minimum absolute atomic E-state index is 0.00468. The van der Waals surface area contributed by atoms with Crippen molar-refractivity contribution in [1.29, 1.82) is 0 Å². The highest BCUT2D eigenvalue weighted by molar-refractivity contribution is 5.83.